The summed E-state index contributed by atoms with van der Waals surface area (Å²) in [4.78, 5) is 27.7. The van der Waals surface area contributed by atoms with Gasteiger partial charge in [-0.25, -0.2) is 0 Å². The molecule has 0 aliphatic carbocycles. The third-order valence-corrected chi connectivity index (χ3v) is 6.41. The number of likely N-dealkylation sites (tertiary alicyclic amines) is 1. The molecule has 1 aromatic rings. The molecule has 5 nitrogen and oxygen atoms in total. The Morgan fingerprint density at radius 2 is 1.97 bits per heavy atom. The summed E-state index contributed by atoms with van der Waals surface area (Å²) in [6.45, 7) is 7.50. The van der Waals surface area contributed by atoms with Crippen LogP contribution < -0.4 is 10.6 Å². The lowest BCUT2D eigenvalue weighted by Crippen LogP contribution is -2.48. The van der Waals surface area contributed by atoms with E-state index in [0.717, 1.165) is 57.3 Å². The van der Waals surface area contributed by atoms with Crippen molar-refractivity contribution in [2.24, 2.45) is 11.8 Å². The fraction of sp³-hybridized carbons (Fsp3) is 0.652. The summed E-state index contributed by atoms with van der Waals surface area (Å²) >= 11 is 0. The van der Waals surface area contributed by atoms with Crippen molar-refractivity contribution in [1.82, 2.24) is 15.5 Å². The monoisotopic (exact) mass is 421 g/mol. The average molecular weight is 422 g/mol. The first-order valence-corrected chi connectivity index (χ1v) is 10.9. The molecule has 1 aromatic carbocycles. The van der Waals surface area contributed by atoms with Gasteiger partial charge in [0.15, 0.2) is 0 Å². The summed E-state index contributed by atoms with van der Waals surface area (Å²) in [7, 11) is 0. The van der Waals surface area contributed by atoms with Crippen LogP contribution in [0.3, 0.4) is 0 Å². The zero-order chi connectivity index (χ0) is 19.9. The van der Waals surface area contributed by atoms with Crippen LogP contribution in [-0.4, -0.2) is 48.9 Å². The molecule has 162 valence electrons. The van der Waals surface area contributed by atoms with Crippen LogP contribution in [0.1, 0.15) is 57.4 Å². The molecule has 0 aromatic heterocycles. The molecule has 2 aliphatic rings. The third-order valence-electron chi connectivity index (χ3n) is 6.41. The number of carbonyl (C=O) groups is 2. The van der Waals surface area contributed by atoms with Crippen LogP contribution in [0, 0.1) is 11.8 Å². The molecule has 0 bridgehead atoms. The van der Waals surface area contributed by atoms with E-state index in [1.807, 2.05) is 23.1 Å². The van der Waals surface area contributed by atoms with Crippen molar-refractivity contribution in [1.29, 1.82) is 0 Å². The fourth-order valence-electron chi connectivity index (χ4n) is 4.52. The number of halogens is 1. The van der Waals surface area contributed by atoms with E-state index >= 15 is 0 Å². The second kappa shape index (κ2) is 11.6. The molecule has 2 amide bonds. The highest BCUT2D eigenvalue weighted by molar-refractivity contribution is 5.85. The molecule has 2 aliphatic heterocycles. The highest BCUT2D eigenvalue weighted by Gasteiger charge is 2.33. The summed E-state index contributed by atoms with van der Waals surface area (Å²) < 4.78 is 0. The first kappa shape index (κ1) is 23.7. The molecular weight excluding hydrogens is 386 g/mol. The van der Waals surface area contributed by atoms with Gasteiger partial charge in [-0.15, -0.1) is 12.4 Å². The van der Waals surface area contributed by atoms with Crippen LogP contribution in [0.4, 0.5) is 0 Å². The second-order valence-corrected chi connectivity index (χ2v) is 8.46. The number of benzene rings is 1. The normalized spacial score (nSPS) is 23.7. The maximum Gasteiger partial charge on any atom is 0.237 e. The van der Waals surface area contributed by atoms with Crippen LogP contribution >= 0.6 is 12.4 Å². The quantitative estimate of drug-likeness (QED) is 0.709. The summed E-state index contributed by atoms with van der Waals surface area (Å²) in [6, 6.07) is 10.2. The summed E-state index contributed by atoms with van der Waals surface area (Å²) in [5, 5.41) is 6.36. The van der Waals surface area contributed by atoms with E-state index in [2.05, 4.69) is 36.6 Å². The van der Waals surface area contributed by atoms with Gasteiger partial charge in [0.25, 0.3) is 0 Å². The van der Waals surface area contributed by atoms with Crippen molar-refractivity contribution in [2.45, 2.75) is 57.9 Å². The smallest absolute Gasteiger partial charge is 0.237 e. The predicted molar refractivity (Wildman–Crippen MR) is 119 cm³/mol. The number of rotatable bonds is 7. The summed E-state index contributed by atoms with van der Waals surface area (Å²) in [5.41, 5.74) is 1.12. The molecule has 4 atom stereocenters. The van der Waals surface area contributed by atoms with E-state index in [9.17, 15) is 9.59 Å². The van der Waals surface area contributed by atoms with E-state index in [0.29, 0.717) is 18.4 Å². The first-order chi connectivity index (χ1) is 13.6. The lowest BCUT2D eigenvalue weighted by Gasteiger charge is -2.36. The Hall–Kier alpha value is -1.59. The van der Waals surface area contributed by atoms with Crippen molar-refractivity contribution in [3.63, 3.8) is 0 Å². The maximum atomic E-state index is 13.4. The Morgan fingerprint density at radius 3 is 2.62 bits per heavy atom. The molecule has 0 spiro atoms. The summed E-state index contributed by atoms with van der Waals surface area (Å²) in [5.74, 6) is 0.929. The molecule has 2 N–H and O–H groups in total. The Balaban J connectivity index is 0.00000300. The number of nitrogens with one attached hydrogen (secondary N) is 2. The molecule has 4 unspecified atom stereocenters. The number of hydrogen-bond acceptors (Lipinski definition) is 3. The van der Waals surface area contributed by atoms with Crippen molar-refractivity contribution in [2.75, 3.05) is 26.2 Å². The molecule has 3 rings (SSSR count). The molecule has 2 heterocycles. The van der Waals surface area contributed by atoms with Gasteiger partial charge in [-0.3, -0.25) is 9.59 Å². The fourth-order valence-corrected chi connectivity index (χ4v) is 4.52. The minimum atomic E-state index is -0.0813. The zero-order valence-electron chi connectivity index (χ0n) is 17.7. The Morgan fingerprint density at radius 1 is 1.21 bits per heavy atom. The maximum absolute atomic E-state index is 13.4. The van der Waals surface area contributed by atoms with Crippen molar-refractivity contribution in [3.8, 4) is 0 Å². The van der Waals surface area contributed by atoms with Crippen LogP contribution in [-0.2, 0) is 9.59 Å². The van der Waals surface area contributed by atoms with Gasteiger partial charge >= 0.3 is 0 Å². The average Bonchev–Trinajstić information content (AvgIpc) is 3.28. The topological polar surface area (TPSA) is 61.4 Å². The number of nitrogens with zero attached hydrogens (tertiary/aromatic N) is 1. The van der Waals surface area contributed by atoms with Gasteiger partial charge in [-0.2, -0.15) is 0 Å². The van der Waals surface area contributed by atoms with Crippen molar-refractivity contribution in [3.05, 3.63) is 35.9 Å². The van der Waals surface area contributed by atoms with Gasteiger partial charge in [-0.05, 0) is 49.6 Å². The highest BCUT2D eigenvalue weighted by Crippen LogP contribution is 2.30. The minimum absolute atomic E-state index is 0. The van der Waals surface area contributed by atoms with Gasteiger partial charge in [-0.1, -0.05) is 50.6 Å². The predicted octanol–water partition coefficient (Wildman–Crippen LogP) is 3.34. The summed E-state index contributed by atoms with van der Waals surface area (Å²) in [6.07, 6.45) is 5.06. The Bertz CT molecular complexity index is 649. The lowest BCUT2D eigenvalue weighted by atomic mass is 9.83. The molecular formula is C23H36ClN3O2. The first-order valence-electron chi connectivity index (χ1n) is 10.9. The minimum Gasteiger partial charge on any atom is -0.354 e. The molecule has 0 saturated carbocycles. The zero-order valence-corrected chi connectivity index (χ0v) is 18.5. The van der Waals surface area contributed by atoms with E-state index in [1.54, 1.807) is 0 Å². The van der Waals surface area contributed by atoms with Gasteiger partial charge in [0, 0.05) is 19.6 Å². The number of carbonyl (C=O) groups excluding carboxylic acids is 2. The molecule has 2 saturated heterocycles. The van der Waals surface area contributed by atoms with Gasteiger partial charge in [0.1, 0.15) is 0 Å². The van der Waals surface area contributed by atoms with Gasteiger partial charge in [0.05, 0.1) is 12.0 Å². The molecule has 2 fully saturated rings. The standard InChI is InChI=1S/C23H35N3O2.ClH/c1-3-17(2)21(19-10-5-4-6-11-19)23(28)26-14-8-9-18(16-26)15-25-22(27)20-12-7-13-24-20;/h4-6,10-11,17-18,20-21,24H,3,7-9,12-16H2,1-2H3,(H,25,27);1H. The third kappa shape index (κ3) is 6.19. The van der Waals surface area contributed by atoms with Gasteiger partial charge in [0.2, 0.25) is 11.8 Å². The van der Waals surface area contributed by atoms with Crippen molar-refractivity contribution >= 4 is 24.2 Å². The van der Waals surface area contributed by atoms with E-state index in [-0.39, 0.29) is 36.2 Å². The van der Waals surface area contributed by atoms with Crippen LogP contribution in [0.25, 0.3) is 0 Å². The Kier molecular flexibility index (Phi) is 9.44. The molecule has 29 heavy (non-hydrogen) atoms. The number of amides is 2. The number of piperidine rings is 1. The largest absolute Gasteiger partial charge is 0.354 e. The van der Waals surface area contributed by atoms with Crippen LogP contribution in [0.2, 0.25) is 0 Å². The Labute approximate surface area is 181 Å². The van der Waals surface area contributed by atoms with Crippen molar-refractivity contribution < 1.29 is 9.59 Å². The molecule has 0 radical (unpaired) electrons. The van der Waals surface area contributed by atoms with E-state index < -0.39 is 0 Å². The highest BCUT2D eigenvalue weighted by atomic mass is 35.5. The van der Waals surface area contributed by atoms with Gasteiger partial charge < -0.3 is 15.5 Å². The lowest BCUT2D eigenvalue weighted by molar-refractivity contribution is -0.135. The second-order valence-electron chi connectivity index (χ2n) is 8.46. The van der Waals surface area contributed by atoms with Crippen LogP contribution in [0.5, 0.6) is 0 Å². The van der Waals surface area contributed by atoms with E-state index in [4.69, 9.17) is 0 Å². The van der Waals surface area contributed by atoms with E-state index in [1.165, 1.54) is 0 Å². The number of hydrogen-bond donors (Lipinski definition) is 2. The molecule has 6 heteroatoms. The van der Waals surface area contributed by atoms with Crippen LogP contribution in [0.15, 0.2) is 30.3 Å². The SMILES string of the molecule is CCC(C)C(C(=O)N1CCCC(CNC(=O)C2CCCN2)C1)c1ccccc1.Cl.